The van der Waals surface area contributed by atoms with Crippen LogP contribution in [0.2, 0.25) is 0 Å². The summed E-state index contributed by atoms with van der Waals surface area (Å²) in [4.78, 5) is 20.9. The Morgan fingerprint density at radius 3 is 2.17 bits per heavy atom. The summed E-state index contributed by atoms with van der Waals surface area (Å²) < 4.78 is 4.71. The third-order valence-electron chi connectivity index (χ3n) is 1.21. The van der Waals surface area contributed by atoms with E-state index in [1.807, 2.05) is 6.92 Å². The monoisotopic (exact) mass is 174 g/mol. The lowest BCUT2D eigenvalue weighted by Gasteiger charge is -2.07. The molecule has 0 aliphatic rings. The Kier molecular flexibility index (Phi) is 7.80. The Morgan fingerprint density at radius 1 is 1.33 bits per heavy atom. The number of rotatable bonds is 4. The quantitative estimate of drug-likeness (QED) is 0.610. The minimum atomic E-state index is -0.291. The minimum absolute atomic E-state index is 0. The van der Waals surface area contributed by atoms with Gasteiger partial charge in [0.25, 0.3) is 0 Å². The molecule has 0 radical (unpaired) electrons. The Hall–Kier alpha value is -0.860. The smallest absolute Gasteiger partial charge is 0.302 e. The zero-order chi connectivity index (χ0) is 8.85. The lowest BCUT2D eigenvalue weighted by atomic mass is 10.1. The predicted octanol–water partition coefficient (Wildman–Crippen LogP) is 1.80. The van der Waals surface area contributed by atoms with Crippen LogP contribution >= 0.6 is 0 Å². The van der Waals surface area contributed by atoms with Crippen molar-refractivity contribution in [3.63, 3.8) is 0 Å². The number of hydrogen-bond acceptors (Lipinski definition) is 3. The lowest BCUT2D eigenvalue weighted by Crippen LogP contribution is -2.11. The number of carbonyl (C=O) groups is 2. The summed E-state index contributed by atoms with van der Waals surface area (Å²) in [5, 5.41) is 0. The maximum absolute atomic E-state index is 10.6. The molecule has 0 amide bonds. The minimum Gasteiger partial charge on any atom is -0.466 e. The van der Waals surface area contributed by atoms with Crippen molar-refractivity contribution in [1.82, 2.24) is 0 Å². The first-order valence-corrected chi connectivity index (χ1v) is 3.65. The molecule has 3 heteroatoms. The summed E-state index contributed by atoms with van der Waals surface area (Å²) in [5.41, 5.74) is 0. The van der Waals surface area contributed by atoms with Gasteiger partial charge in [0.05, 0.1) is 6.61 Å². The molecule has 0 saturated heterocycles. The standard InChI is InChI=1S/C8H14O3.CH4/c1-6(4-7(2)9)5-11-8(3)10;/h6H,4-5H2,1-3H3;1H4. The SMILES string of the molecule is C.CC(=O)CC(C)COC(C)=O. The molecule has 0 N–H and O–H groups in total. The number of ketones is 1. The van der Waals surface area contributed by atoms with E-state index in [0.717, 1.165) is 0 Å². The largest absolute Gasteiger partial charge is 0.466 e. The van der Waals surface area contributed by atoms with Gasteiger partial charge in [0.1, 0.15) is 5.78 Å². The Labute approximate surface area is 74.1 Å². The highest BCUT2D eigenvalue weighted by molar-refractivity contribution is 5.75. The normalized spacial score (nSPS) is 11.2. The molecular weight excluding hydrogens is 156 g/mol. The number of ether oxygens (including phenoxy) is 1. The maximum Gasteiger partial charge on any atom is 0.302 e. The van der Waals surface area contributed by atoms with Gasteiger partial charge in [0, 0.05) is 13.3 Å². The van der Waals surface area contributed by atoms with E-state index in [1.165, 1.54) is 13.8 Å². The van der Waals surface area contributed by atoms with Gasteiger partial charge < -0.3 is 9.53 Å². The molecule has 0 rings (SSSR count). The lowest BCUT2D eigenvalue weighted by molar-refractivity contribution is -0.142. The van der Waals surface area contributed by atoms with Crippen molar-refractivity contribution < 1.29 is 14.3 Å². The summed E-state index contributed by atoms with van der Waals surface area (Å²) in [6, 6.07) is 0. The molecule has 0 spiro atoms. The molecule has 1 atom stereocenters. The molecule has 72 valence electrons. The number of esters is 1. The molecule has 12 heavy (non-hydrogen) atoms. The fourth-order valence-electron chi connectivity index (χ4n) is 0.809. The van der Waals surface area contributed by atoms with Crippen LogP contribution in [0.25, 0.3) is 0 Å². The molecule has 1 unspecified atom stereocenters. The van der Waals surface area contributed by atoms with Crippen LogP contribution in [0.5, 0.6) is 0 Å². The Bertz CT molecular complexity index is 152. The van der Waals surface area contributed by atoms with Crippen LogP contribution in [0, 0.1) is 5.92 Å². The summed E-state index contributed by atoms with van der Waals surface area (Å²) in [7, 11) is 0. The second-order valence-electron chi connectivity index (χ2n) is 2.81. The van der Waals surface area contributed by atoms with E-state index in [1.54, 1.807) is 0 Å². The molecule has 0 aromatic carbocycles. The van der Waals surface area contributed by atoms with Gasteiger partial charge in [-0.15, -0.1) is 0 Å². The molecule has 0 aromatic heterocycles. The van der Waals surface area contributed by atoms with E-state index in [2.05, 4.69) is 0 Å². The number of Topliss-reactive ketones (excluding diaryl/α,β-unsaturated/α-hetero) is 1. The van der Waals surface area contributed by atoms with Gasteiger partial charge in [-0.05, 0) is 12.8 Å². The summed E-state index contributed by atoms with van der Waals surface area (Å²) in [5.74, 6) is -0.0264. The highest BCUT2D eigenvalue weighted by Gasteiger charge is 2.06. The fraction of sp³-hybridized carbons (Fsp3) is 0.778. The van der Waals surface area contributed by atoms with Crippen LogP contribution in [0.4, 0.5) is 0 Å². The Balaban J connectivity index is 0. The molecule has 0 aromatic rings. The van der Waals surface area contributed by atoms with E-state index in [0.29, 0.717) is 13.0 Å². The van der Waals surface area contributed by atoms with Crippen LogP contribution < -0.4 is 0 Å². The average Bonchev–Trinajstić information content (AvgIpc) is 1.82. The average molecular weight is 174 g/mol. The summed E-state index contributed by atoms with van der Waals surface area (Å²) in [6.45, 7) is 5.12. The summed E-state index contributed by atoms with van der Waals surface area (Å²) >= 11 is 0. The van der Waals surface area contributed by atoms with Crippen molar-refractivity contribution >= 4 is 11.8 Å². The van der Waals surface area contributed by atoms with Crippen LogP contribution in [-0.4, -0.2) is 18.4 Å². The van der Waals surface area contributed by atoms with Crippen molar-refractivity contribution in [3.05, 3.63) is 0 Å². The molecule has 0 fully saturated rings. The maximum atomic E-state index is 10.6. The van der Waals surface area contributed by atoms with Crippen molar-refractivity contribution in [2.45, 2.75) is 34.6 Å². The number of carbonyl (C=O) groups excluding carboxylic acids is 2. The van der Waals surface area contributed by atoms with Crippen LogP contribution in [0.15, 0.2) is 0 Å². The van der Waals surface area contributed by atoms with Gasteiger partial charge in [0.15, 0.2) is 0 Å². The molecule has 3 nitrogen and oxygen atoms in total. The summed E-state index contributed by atoms with van der Waals surface area (Å²) in [6.07, 6.45) is 0.479. The molecule has 0 aliphatic carbocycles. The third kappa shape index (κ3) is 9.14. The van der Waals surface area contributed by atoms with Crippen molar-refractivity contribution in [1.29, 1.82) is 0 Å². The van der Waals surface area contributed by atoms with E-state index in [4.69, 9.17) is 4.74 Å². The van der Waals surface area contributed by atoms with Gasteiger partial charge in [-0.3, -0.25) is 4.79 Å². The molecular formula is C9H18O3. The highest BCUT2D eigenvalue weighted by atomic mass is 16.5. The van der Waals surface area contributed by atoms with Crippen LogP contribution in [0.3, 0.4) is 0 Å². The zero-order valence-corrected chi connectivity index (χ0v) is 7.22. The van der Waals surface area contributed by atoms with E-state index in [9.17, 15) is 9.59 Å². The first-order valence-electron chi connectivity index (χ1n) is 3.65. The van der Waals surface area contributed by atoms with E-state index < -0.39 is 0 Å². The third-order valence-corrected chi connectivity index (χ3v) is 1.21. The number of hydrogen-bond donors (Lipinski definition) is 0. The first-order chi connectivity index (χ1) is 5.02. The highest BCUT2D eigenvalue weighted by Crippen LogP contribution is 2.02. The molecule has 0 heterocycles. The zero-order valence-electron chi connectivity index (χ0n) is 7.22. The van der Waals surface area contributed by atoms with Crippen molar-refractivity contribution in [3.8, 4) is 0 Å². The molecule has 0 aliphatic heterocycles. The van der Waals surface area contributed by atoms with Crippen LogP contribution in [-0.2, 0) is 14.3 Å². The van der Waals surface area contributed by atoms with E-state index >= 15 is 0 Å². The van der Waals surface area contributed by atoms with Gasteiger partial charge in [-0.2, -0.15) is 0 Å². The second kappa shape index (κ2) is 6.83. The Morgan fingerprint density at radius 2 is 1.83 bits per heavy atom. The topological polar surface area (TPSA) is 43.4 Å². The van der Waals surface area contributed by atoms with Crippen molar-refractivity contribution in [2.24, 2.45) is 5.92 Å². The predicted molar refractivity (Wildman–Crippen MR) is 47.8 cm³/mol. The van der Waals surface area contributed by atoms with Gasteiger partial charge >= 0.3 is 5.97 Å². The van der Waals surface area contributed by atoms with Gasteiger partial charge in [0.2, 0.25) is 0 Å². The first kappa shape index (κ1) is 13.7. The fourth-order valence-corrected chi connectivity index (χ4v) is 0.809. The molecule has 0 saturated carbocycles. The second-order valence-corrected chi connectivity index (χ2v) is 2.81. The van der Waals surface area contributed by atoms with Crippen molar-refractivity contribution in [2.75, 3.05) is 6.61 Å². The van der Waals surface area contributed by atoms with Gasteiger partial charge in [-0.1, -0.05) is 14.4 Å². The van der Waals surface area contributed by atoms with E-state index in [-0.39, 0.29) is 25.1 Å². The van der Waals surface area contributed by atoms with Gasteiger partial charge in [-0.25, -0.2) is 0 Å². The van der Waals surface area contributed by atoms with Crippen LogP contribution in [0.1, 0.15) is 34.6 Å². The molecule has 0 bridgehead atoms.